The second kappa shape index (κ2) is 8.35. The molecule has 0 unspecified atom stereocenters. The van der Waals surface area contributed by atoms with Crippen LogP contribution in [0.2, 0.25) is 0 Å². The van der Waals surface area contributed by atoms with E-state index in [0.29, 0.717) is 11.4 Å². The molecule has 2 heterocycles. The molecule has 2 aromatic rings. The standard InChI is InChI=1S/C20H22N2O4S/c1-13(2)18(21-19(24)16-8-5-11-27-16)20(25)26-12-17(23)22-10-9-14-6-3-4-7-15(14)22/h3-8,11,13,18H,9-10,12H2,1-2H3,(H,21,24)/t18-/m0/s1. The summed E-state index contributed by atoms with van der Waals surface area (Å²) < 4.78 is 5.23. The Hall–Kier alpha value is -2.67. The van der Waals surface area contributed by atoms with E-state index in [1.54, 1.807) is 22.4 Å². The van der Waals surface area contributed by atoms with Gasteiger partial charge in [0.2, 0.25) is 0 Å². The largest absolute Gasteiger partial charge is 0.454 e. The van der Waals surface area contributed by atoms with Gasteiger partial charge in [-0.3, -0.25) is 9.59 Å². The minimum atomic E-state index is -0.807. The number of ether oxygens (including phenoxy) is 1. The van der Waals surface area contributed by atoms with Crippen LogP contribution in [0.15, 0.2) is 41.8 Å². The lowest BCUT2D eigenvalue weighted by Crippen LogP contribution is -2.46. The van der Waals surface area contributed by atoms with Crippen molar-refractivity contribution in [2.45, 2.75) is 26.3 Å². The van der Waals surface area contributed by atoms with E-state index < -0.39 is 12.0 Å². The summed E-state index contributed by atoms with van der Waals surface area (Å²) in [6, 6.07) is 10.4. The molecule has 1 N–H and O–H groups in total. The number of benzene rings is 1. The Morgan fingerprint density at radius 1 is 1.19 bits per heavy atom. The highest BCUT2D eigenvalue weighted by Crippen LogP contribution is 2.27. The lowest BCUT2D eigenvalue weighted by Gasteiger charge is -2.22. The van der Waals surface area contributed by atoms with Gasteiger partial charge >= 0.3 is 5.97 Å². The summed E-state index contributed by atoms with van der Waals surface area (Å²) in [5, 5.41) is 4.50. The van der Waals surface area contributed by atoms with Gasteiger partial charge in [0.1, 0.15) is 6.04 Å². The van der Waals surface area contributed by atoms with Gasteiger partial charge in [-0.15, -0.1) is 11.3 Å². The van der Waals surface area contributed by atoms with Gasteiger partial charge in [0, 0.05) is 12.2 Å². The summed E-state index contributed by atoms with van der Waals surface area (Å²) in [4.78, 5) is 39.3. The zero-order chi connectivity index (χ0) is 19.4. The molecule has 1 aromatic carbocycles. The Labute approximate surface area is 162 Å². The predicted octanol–water partition coefficient (Wildman–Crippen LogP) is 2.64. The number of para-hydroxylation sites is 1. The van der Waals surface area contributed by atoms with Crippen molar-refractivity contribution >= 4 is 34.8 Å². The number of nitrogens with one attached hydrogen (secondary N) is 1. The average molecular weight is 386 g/mol. The van der Waals surface area contributed by atoms with Crippen molar-refractivity contribution in [3.05, 3.63) is 52.2 Å². The van der Waals surface area contributed by atoms with Gasteiger partial charge in [-0.1, -0.05) is 38.1 Å². The highest BCUT2D eigenvalue weighted by molar-refractivity contribution is 7.12. The lowest BCUT2D eigenvalue weighted by atomic mass is 10.0. The van der Waals surface area contributed by atoms with Crippen molar-refractivity contribution in [1.82, 2.24) is 5.32 Å². The smallest absolute Gasteiger partial charge is 0.329 e. The first-order valence-electron chi connectivity index (χ1n) is 8.86. The molecule has 142 valence electrons. The fourth-order valence-corrected chi connectivity index (χ4v) is 3.64. The molecular weight excluding hydrogens is 364 g/mol. The van der Waals surface area contributed by atoms with Crippen molar-refractivity contribution in [2.75, 3.05) is 18.1 Å². The summed E-state index contributed by atoms with van der Waals surface area (Å²) in [6.07, 6.45) is 0.793. The van der Waals surface area contributed by atoms with Gasteiger partial charge in [0.25, 0.3) is 11.8 Å². The number of hydrogen-bond acceptors (Lipinski definition) is 5. The van der Waals surface area contributed by atoms with Crippen LogP contribution in [-0.4, -0.2) is 37.0 Å². The molecule has 1 aromatic heterocycles. The number of fused-ring (bicyclic) bond motifs is 1. The van der Waals surface area contributed by atoms with E-state index in [0.717, 1.165) is 17.7 Å². The Balaban J connectivity index is 1.58. The molecule has 1 atom stereocenters. The minimum Gasteiger partial charge on any atom is -0.454 e. The number of amides is 2. The van der Waals surface area contributed by atoms with Crippen molar-refractivity contribution in [2.24, 2.45) is 5.92 Å². The molecule has 0 saturated heterocycles. The van der Waals surface area contributed by atoms with Crippen LogP contribution in [-0.2, 0) is 20.7 Å². The van der Waals surface area contributed by atoms with Crippen molar-refractivity contribution in [3.8, 4) is 0 Å². The SMILES string of the molecule is CC(C)[C@H](NC(=O)c1cccs1)C(=O)OCC(=O)N1CCc2ccccc21. The summed E-state index contributed by atoms with van der Waals surface area (Å²) in [7, 11) is 0. The Kier molecular flexibility index (Phi) is 5.91. The molecule has 2 amide bonds. The molecule has 0 radical (unpaired) electrons. The summed E-state index contributed by atoms with van der Waals surface area (Å²) in [5.74, 6) is -1.35. The zero-order valence-corrected chi connectivity index (χ0v) is 16.1. The maximum Gasteiger partial charge on any atom is 0.329 e. The summed E-state index contributed by atoms with van der Waals surface area (Å²) in [6.45, 7) is 3.88. The molecule has 0 aliphatic carbocycles. The summed E-state index contributed by atoms with van der Waals surface area (Å²) >= 11 is 1.30. The van der Waals surface area contributed by atoms with Crippen molar-refractivity contribution in [1.29, 1.82) is 0 Å². The van der Waals surface area contributed by atoms with E-state index in [2.05, 4.69) is 5.32 Å². The van der Waals surface area contributed by atoms with Crippen LogP contribution in [0.4, 0.5) is 5.69 Å². The summed E-state index contributed by atoms with van der Waals surface area (Å²) in [5.41, 5.74) is 1.98. The van der Waals surface area contributed by atoms with Crippen LogP contribution in [0.1, 0.15) is 29.1 Å². The quantitative estimate of drug-likeness (QED) is 0.775. The Morgan fingerprint density at radius 3 is 2.67 bits per heavy atom. The number of hydrogen-bond donors (Lipinski definition) is 1. The number of rotatable bonds is 6. The minimum absolute atomic E-state index is 0.163. The number of esters is 1. The number of anilines is 1. The fraction of sp³-hybridized carbons (Fsp3) is 0.350. The number of nitrogens with zero attached hydrogens (tertiary/aromatic N) is 1. The van der Waals surface area contributed by atoms with E-state index in [1.807, 2.05) is 38.1 Å². The van der Waals surface area contributed by atoms with Gasteiger partial charge in [0.05, 0.1) is 4.88 Å². The van der Waals surface area contributed by atoms with Crippen LogP contribution < -0.4 is 10.2 Å². The van der Waals surface area contributed by atoms with Crippen LogP contribution in [0.25, 0.3) is 0 Å². The van der Waals surface area contributed by atoms with Gasteiger partial charge in [-0.25, -0.2) is 4.79 Å². The lowest BCUT2D eigenvalue weighted by molar-refractivity contribution is -0.150. The molecule has 0 fully saturated rings. The second-order valence-electron chi connectivity index (χ2n) is 6.70. The first-order valence-corrected chi connectivity index (χ1v) is 9.74. The fourth-order valence-electron chi connectivity index (χ4n) is 3.02. The number of carbonyl (C=O) groups is 3. The molecule has 0 saturated carbocycles. The molecule has 27 heavy (non-hydrogen) atoms. The van der Waals surface area contributed by atoms with E-state index in [4.69, 9.17) is 4.74 Å². The Bertz CT molecular complexity index is 832. The normalized spacial score (nSPS) is 14.0. The van der Waals surface area contributed by atoms with Gasteiger partial charge < -0.3 is 15.0 Å². The zero-order valence-electron chi connectivity index (χ0n) is 15.3. The third kappa shape index (κ3) is 4.36. The van der Waals surface area contributed by atoms with E-state index >= 15 is 0 Å². The average Bonchev–Trinajstić information content (AvgIpc) is 3.33. The third-order valence-electron chi connectivity index (χ3n) is 4.48. The molecule has 3 rings (SSSR count). The highest BCUT2D eigenvalue weighted by atomic mass is 32.1. The van der Waals surface area contributed by atoms with E-state index in [1.165, 1.54) is 11.3 Å². The van der Waals surface area contributed by atoms with Crippen molar-refractivity contribution < 1.29 is 19.1 Å². The van der Waals surface area contributed by atoms with Gasteiger partial charge in [-0.05, 0) is 35.4 Å². The second-order valence-corrected chi connectivity index (χ2v) is 7.65. The van der Waals surface area contributed by atoms with Crippen LogP contribution in [0, 0.1) is 5.92 Å². The third-order valence-corrected chi connectivity index (χ3v) is 5.35. The molecule has 7 heteroatoms. The molecule has 1 aliphatic heterocycles. The van der Waals surface area contributed by atoms with E-state index in [-0.39, 0.29) is 24.3 Å². The maximum absolute atomic E-state index is 12.5. The van der Waals surface area contributed by atoms with Crippen LogP contribution >= 0.6 is 11.3 Å². The molecule has 0 bridgehead atoms. The molecule has 1 aliphatic rings. The molecule has 0 spiro atoms. The highest BCUT2D eigenvalue weighted by Gasteiger charge is 2.29. The predicted molar refractivity (Wildman–Crippen MR) is 104 cm³/mol. The number of thiophene rings is 1. The Morgan fingerprint density at radius 2 is 1.96 bits per heavy atom. The number of carbonyl (C=O) groups excluding carboxylic acids is 3. The monoisotopic (exact) mass is 386 g/mol. The maximum atomic E-state index is 12.5. The van der Waals surface area contributed by atoms with Crippen LogP contribution in [0.5, 0.6) is 0 Å². The molecule has 6 nitrogen and oxygen atoms in total. The van der Waals surface area contributed by atoms with Gasteiger partial charge in [-0.2, -0.15) is 0 Å². The van der Waals surface area contributed by atoms with Crippen molar-refractivity contribution in [3.63, 3.8) is 0 Å². The topological polar surface area (TPSA) is 75.7 Å². The van der Waals surface area contributed by atoms with Crippen LogP contribution in [0.3, 0.4) is 0 Å². The first kappa shape index (κ1) is 19.1. The van der Waals surface area contributed by atoms with E-state index in [9.17, 15) is 14.4 Å². The first-order chi connectivity index (χ1) is 13.0. The van der Waals surface area contributed by atoms with Gasteiger partial charge in [0.15, 0.2) is 6.61 Å². The molecular formula is C20H22N2O4S.